The molecule has 0 aromatic rings. The highest BCUT2D eigenvalue weighted by molar-refractivity contribution is 5.96. The van der Waals surface area contributed by atoms with Gasteiger partial charge in [-0.05, 0) is 6.92 Å². The van der Waals surface area contributed by atoms with Gasteiger partial charge in [-0.3, -0.25) is 14.5 Å². The van der Waals surface area contributed by atoms with Crippen molar-refractivity contribution in [3.63, 3.8) is 0 Å². The molecule has 0 aliphatic rings. The van der Waals surface area contributed by atoms with Crippen molar-refractivity contribution < 1.29 is 23.8 Å². The molecule has 0 atom stereocenters. The van der Waals surface area contributed by atoms with Gasteiger partial charge in [-0.2, -0.15) is 0 Å². The Hall–Kier alpha value is -0.980. The van der Waals surface area contributed by atoms with Crippen LogP contribution in [0.2, 0.25) is 0 Å². The molecular formula is C12H23NO5. The molecule has 106 valence electrons. The Morgan fingerprint density at radius 1 is 1.06 bits per heavy atom. The second-order valence-electron chi connectivity index (χ2n) is 3.78. The van der Waals surface area contributed by atoms with E-state index < -0.39 is 5.97 Å². The minimum Gasteiger partial charge on any atom is -0.466 e. The van der Waals surface area contributed by atoms with Crippen LogP contribution in [0.1, 0.15) is 13.3 Å². The van der Waals surface area contributed by atoms with Crippen molar-refractivity contribution in [2.24, 2.45) is 0 Å². The Kier molecular flexibility index (Phi) is 10.5. The number of carbonyl (C=O) groups is 2. The van der Waals surface area contributed by atoms with Crippen molar-refractivity contribution in [2.75, 3.05) is 53.7 Å². The third kappa shape index (κ3) is 9.09. The molecule has 0 spiro atoms. The van der Waals surface area contributed by atoms with E-state index in [9.17, 15) is 9.59 Å². The summed E-state index contributed by atoms with van der Waals surface area (Å²) < 4.78 is 14.7. The average molecular weight is 261 g/mol. The van der Waals surface area contributed by atoms with Crippen LogP contribution in [0.25, 0.3) is 0 Å². The fraction of sp³-hybridized carbons (Fsp3) is 0.833. The van der Waals surface area contributed by atoms with Gasteiger partial charge in [-0.25, -0.2) is 0 Å². The van der Waals surface area contributed by atoms with Gasteiger partial charge in [0.2, 0.25) is 0 Å². The normalized spacial score (nSPS) is 10.7. The molecule has 0 heterocycles. The van der Waals surface area contributed by atoms with Gasteiger partial charge in [-0.15, -0.1) is 0 Å². The van der Waals surface area contributed by atoms with Crippen LogP contribution < -0.4 is 0 Å². The van der Waals surface area contributed by atoms with Crippen LogP contribution in [0.4, 0.5) is 0 Å². The van der Waals surface area contributed by atoms with E-state index in [0.717, 1.165) is 0 Å². The van der Waals surface area contributed by atoms with E-state index >= 15 is 0 Å². The monoisotopic (exact) mass is 261 g/mol. The minimum atomic E-state index is -0.471. The first kappa shape index (κ1) is 17.0. The molecule has 6 heteroatoms. The third-order valence-electron chi connectivity index (χ3n) is 2.27. The molecule has 0 N–H and O–H groups in total. The molecule has 0 saturated heterocycles. The van der Waals surface area contributed by atoms with E-state index in [-0.39, 0.29) is 18.7 Å². The lowest BCUT2D eigenvalue weighted by Crippen LogP contribution is -2.36. The predicted octanol–water partition coefficient (Wildman–Crippen LogP) is 0.104. The smallest absolute Gasteiger partial charge is 0.313 e. The van der Waals surface area contributed by atoms with Crippen LogP contribution in [-0.4, -0.2) is 70.3 Å². The van der Waals surface area contributed by atoms with Crippen molar-refractivity contribution >= 4 is 11.8 Å². The summed E-state index contributed by atoms with van der Waals surface area (Å²) in [7, 11) is 3.21. The fourth-order valence-corrected chi connectivity index (χ4v) is 1.39. The van der Waals surface area contributed by atoms with Crippen molar-refractivity contribution in [1.82, 2.24) is 4.90 Å². The standard InChI is InChI=1S/C12H23NO5/c1-4-18-12(15)9-11(14)10-13(5-7-16-2)6-8-17-3/h4-10H2,1-3H3. The second kappa shape index (κ2) is 11.1. The summed E-state index contributed by atoms with van der Waals surface area (Å²) in [6.45, 7) is 4.57. The van der Waals surface area contributed by atoms with Gasteiger partial charge >= 0.3 is 5.97 Å². The van der Waals surface area contributed by atoms with E-state index in [4.69, 9.17) is 14.2 Å². The van der Waals surface area contributed by atoms with E-state index in [1.165, 1.54) is 0 Å². The summed E-state index contributed by atoms with van der Waals surface area (Å²) in [5.41, 5.74) is 0. The van der Waals surface area contributed by atoms with Gasteiger partial charge in [0.15, 0.2) is 5.78 Å². The van der Waals surface area contributed by atoms with Crippen molar-refractivity contribution in [1.29, 1.82) is 0 Å². The Labute approximate surface area is 108 Å². The van der Waals surface area contributed by atoms with Crippen molar-refractivity contribution in [3.05, 3.63) is 0 Å². The predicted molar refractivity (Wildman–Crippen MR) is 66.4 cm³/mol. The summed E-state index contributed by atoms with van der Waals surface area (Å²) in [5.74, 6) is -0.624. The number of hydrogen-bond donors (Lipinski definition) is 0. The molecule has 0 radical (unpaired) electrons. The lowest BCUT2D eigenvalue weighted by Gasteiger charge is -2.20. The van der Waals surface area contributed by atoms with Gasteiger partial charge in [-0.1, -0.05) is 0 Å². The molecule has 6 nitrogen and oxygen atoms in total. The first-order valence-electron chi connectivity index (χ1n) is 6.01. The summed E-state index contributed by atoms with van der Waals surface area (Å²) in [4.78, 5) is 24.7. The first-order chi connectivity index (χ1) is 8.63. The van der Waals surface area contributed by atoms with E-state index in [2.05, 4.69) is 0 Å². The third-order valence-corrected chi connectivity index (χ3v) is 2.27. The number of ketones is 1. The maximum absolute atomic E-state index is 11.6. The largest absolute Gasteiger partial charge is 0.466 e. The Bertz CT molecular complexity index is 237. The number of Topliss-reactive ketones (excluding diaryl/α,β-unsaturated/α-hetero) is 1. The maximum atomic E-state index is 11.6. The Morgan fingerprint density at radius 2 is 1.61 bits per heavy atom. The maximum Gasteiger partial charge on any atom is 0.313 e. The van der Waals surface area contributed by atoms with E-state index in [1.54, 1.807) is 21.1 Å². The van der Waals surface area contributed by atoms with Crippen molar-refractivity contribution in [3.8, 4) is 0 Å². The zero-order chi connectivity index (χ0) is 13.8. The molecule has 0 rings (SSSR count). The van der Waals surface area contributed by atoms with Gasteiger partial charge in [0.25, 0.3) is 0 Å². The number of hydrogen-bond acceptors (Lipinski definition) is 6. The fourth-order valence-electron chi connectivity index (χ4n) is 1.39. The molecule has 0 fully saturated rings. The topological polar surface area (TPSA) is 65.1 Å². The van der Waals surface area contributed by atoms with Gasteiger partial charge in [0, 0.05) is 27.3 Å². The number of carbonyl (C=O) groups excluding carboxylic acids is 2. The molecule has 0 amide bonds. The summed E-state index contributed by atoms with van der Waals surface area (Å²) in [5, 5.41) is 0. The molecule has 18 heavy (non-hydrogen) atoms. The van der Waals surface area contributed by atoms with Gasteiger partial charge < -0.3 is 14.2 Å². The lowest BCUT2D eigenvalue weighted by atomic mass is 10.2. The Morgan fingerprint density at radius 3 is 2.06 bits per heavy atom. The number of esters is 1. The van der Waals surface area contributed by atoms with Crippen LogP contribution in [0.3, 0.4) is 0 Å². The van der Waals surface area contributed by atoms with Crippen LogP contribution in [-0.2, 0) is 23.8 Å². The highest BCUT2D eigenvalue weighted by Crippen LogP contribution is 1.95. The Balaban J connectivity index is 4.03. The zero-order valence-electron chi connectivity index (χ0n) is 11.4. The summed E-state index contributed by atoms with van der Waals surface area (Å²) in [6.07, 6.45) is -0.176. The lowest BCUT2D eigenvalue weighted by molar-refractivity contribution is -0.145. The minimum absolute atomic E-state index is 0.152. The van der Waals surface area contributed by atoms with Gasteiger partial charge in [0.1, 0.15) is 6.42 Å². The molecule has 0 aromatic heterocycles. The first-order valence-corrected chi connectivity index (χ1v) is 6.01. The highest BCUT2D eigenvalue weighted by atomic mass is 16.5. The van der Waals surface area contributed by atoms with E-state index in [0.29, 0.717) is 32.9 Å². The van der Waals surface area contributed by atoms with Crippen molar-refractivity contribution in [2.45, 2.75) is 13.3 Å². The number of methoxy groups -OCH3 is 2. The number of nitrogens with zero attached hydrogens (tertiary/aromatic N) is 1. The number of ether oxygens (including phenoxy) is 3. The summed E-state index contributed by atoms with van der Waals surface area (Å²) >= 11 is 0. The highest BCUT2D eigenvalue weighted by Gasteiger charge is 2.14. The van der Waals surface area contributed by atoms with Gasteiger partial charge in [0.05, 0.1) is 26.4 Å². The van der Waals surface area contributed by atoms with E-state index in [1.807, 2.05) is 4.90 Å². The van der Waals surface area contributed by atoms with Crippen LogP contribution in [0.5, 0.6) is 0 Å². The molecule has 0 aliphatic heterocycles. The molecule has 0 unspecified atom stereocenters. The average Bonchev–Trinajstić information content (AvgIpc) is 2.32. The molecule has 0 bridgehead atoms. The molecular weight excluding hydrogens is 238 g/mol. The van der Waals surface area contributed by atoms with Crippen LogP contribution in [0.15, 0.2) is 0 Å². The van der Waals surface area contributed by atoms with Crippen LogP contribution in [0, 0.1) is 0 Å². The molecule has 0 aliphatic carbocycles. The quantitative estimate of drug-likeness (QED) is 0.388. The summed E-state index contributed by atoms with van der Waals surface area (Å²) in [6, 6.07) is 0. The molecule has 0 aromatic carbocycles. The SMILES string of the molecule is CCOC(=O)CC(=O)CN(CCOC)CCOC. The second-order valence-corrected chi connectivity index (χ2v) is 3.78. The zero-order valence-corrected chi connectivity index (χ0v) is 11.4. The van der Waals surface area contributed by atoms with Crippen LogP contribution >= 0.6 is 0 Å². The molecule has 0 saturated carbocycles. The number of rotatable bonds is 11.